The molecule has 0 atom stereocenters. The molecule has 2 aromatic carbocycles. The number of anilines is 3. The summed E-state index contributed by atoms with van der Waals surface area (Å²) in [4.78, 5) is 8.77. The van der Waals surface area contributed by atoms with Crippen LogP contribution in [-0.4, -0.2) is 37.8 Å². The molecular weight excluding hydrogens is 356 g/mol. The number of nitrogens with one attached hydrogen (secondary N) is 2. The van der Waals surface area contributed by atoms with Crippen molar-refractivity contribution in [1.82, 2.24) is 9.97 Å². The Morgan fingerprint density at radius 2 is 1.64 bits per heavy atom. The van der Waals surface area contributed by atoms with Crippen LogP contribution >= 0.6 is 0 Å². The molecule has 0 saturated heterocycles. The number of aromatic nitrogens is 2. The number of methoxy groups -OCH3 is 3. The molecule has 0 unspecified atom stereocenters. The Morgan fingerprint density at radius 3 is 2.36 bits per heavy atom. The highest BCUT2D eigenvalue weighted by molar-refractivity contribution is 5.60. The maximum atomic E-state index is 5.32. The highest BCUT2D eigenvalue weighted by Gasteiger charge is 2.06. The van der Waals surface area contributed by atoms with Gasteiger partial charge in [0.25, 0.3) is 0 Å². The van der Waals surface area contributed by atoms with Crippen molar-refractivity contribution in [2.75, 3.05) is 38.5 Å². The zero-order chi connectivity index (χ0) is 19.8. The Hall–Kier alpha value is -3.48. The molecule has 0 amide bonds. The number of rotatable bonds is 9. The zero-order valence-electron chi connectivity index (χ0n) is 16.2. The van der Waals surface area contributed by atoms with E-state index < -0.39 is 0 Å². The van der Waals surface area contributed by atoms with Crippen molar-refractivity contribution in [3.63, 3.8) is 0 Å². The van der Waals surface area contributed by atoms with Crippen LogP contribution in [0.15, 0.2) is 54.7 Å². The molecule has 28 heavy (non-hydrogen) atoms. The first-order valence-corrected chi connectivity index (χ1v) is 8.90. The Balaban J connectivity index is 1.59. The van der Waals surface area contributed by atoms with Crippen molar-refractivity contribution in [2.45, 2.75) is 6.42 Å². The number of nitrogens with zero attached hydrogens (tertiary/aromatic N) is 2. The van der Waals surface area contributed by atoms with Gasteiger partial charge in [-0.05, 0) is 42.3 Å². The van der Waals surface area contributed by atoms with E-state index in [1.807, 2.05) is 36.4 Å². The minimum atomic E-state index is 0.502. The Morgan fingerprint density at radius 1 is 0.857 bits per heavy atom. The highest BCUT2D eigenvalue weighted by Crippen LogP contribution is 2.30. The molecule has 2 N–H and O–H groups in total. The highest BCUT2D eigenvalue weighted by atomic mass is 16.5. The van der Waals surface area contributed by atoms with Crippen molar-refractivity contribution in [3.8, 4) is 17.2 Å². The lowest BCUT2D eigenvalue weighted by Gasteiger charge is -2.11. The van der Waals surface area contributed by atoms with Gasteiger partial charge in [0, 0.05) is 24.5 Å². The summed E-state index contributed by atoms with van der Waals surface area (Å²) in [5.74, 6) is 3.43. The van der Waals surface area contributed by atoms with E-state index in [0.29, 0.717) is 17.4 Å². The third kappa shape index (κ3) is 5.03. The smallest absolute Gasteiger partial charge is 0.229 e. The van der Waals surface area contributed by atoms with Gasteiger partial charge in [-0.15, -0.1) is 0 Å². The fraction of sp³-hybridized carbons (Fsp3) is 0.238. The van der Waals surface area contributed by atoms with Gasteiger partial charge >= 0.3 is 0 Å². The zero-order valence-corrected chi connectivity index (χ0v) is 16.2. The fourth-order valence-electron chi connectivity index (χ4n) is 2.69. The van der Waals surface area contributed by atoms with Crippen molar-refractivity contribution in [3.05, 3.63) is 60.3 Å². The summed E-state index contributed by atoms with van der Waals surface area (Å²) in [5.41, 5.74) is 2.04. The van der Waals surface area contributed by atoms with Crippen LogP contribution < -0.4 is 24.8 Å². The molecule has 7 nitrogen and oxygen atoms in total. The van der Waals surface area contributed by atoms with Gasteiger partial charge < -0.3 is 24.8 Å². The number of benzene rings is 2. The lowest BCUT2D eigenvalue weighted by atomic mass is 10.1. The summed E-state index contributed by atoms with van der Waals surface area (Å²) < 4.78 is 15.8. The molecule has 0 spiro atoms. The summed E-state index contributed by atoms with van der Waals surface area (Å²) in [5, 5.41) is 6.50. The lowest BCUT2D eigenvalue weighted by molar-refractivity contribution is 0.355. The summed E-state index contributed by atoms with van der Waals surface area (Å²) in [6.45, 7) is 0.763. The van der Waals surface area contributed by atoms with Crippen LogP contribution in [0, 0.1) is 0 Å². The summed E-state index contributed by atoms with van der Waals surface area (Å²) >= 11 is 0. The molecule has 0 aliphatic rings. The van der Waals surface area contributed by atoms with Crippen LogP contribution in [0.4, 0.5) is 17.5 Å². The molecule has 0 aliphatic heterocycles. The van der Waals surface area contributed by atoms with Crippen LogP contribution in [0.1, 0.15) is 5.56 Å². The van der Waals surface area contributed by atoms with E-state index in [1.165, 1.54) is 5.56 Å². The Bertz CT molecular complexity index is 900. The van der Waals surface area contributed by atoms with Crippen molar-refractivity contribution >= 4 is 17.5 Å². The van der Waals surface area contributed by atoms with Crippen molar-refractivity contribution in [1.29, 1.82) is 0 Å². The fourth-order valence-corrected chi connectivity index (χ4v) is 2.69. The van der Waals surface area contributed by atoms with Gasteiger partial charge in [-0.1, -0.05) is 12.1 Å². The van der Waals surface area contributed by atoms with E-state index >= 15 is 0 Å². The summed E-state index contributed by atoms with van der Waals surface area (Å²) in [6, 6.07) is 15.4. The van der Waals surface area contributed by atoms with Gasteiger partial charge in [0.2, 0.25) is 5.95 Å². The molecule has 0 fully saturated rings. The summed E-state index contributed by atoms with van der Waals surface area (Å²) in [6.07, 6.45) is 2.60. The van der Waals surface area contributed by atoms with Gasteiger partial charge in [0.1, 0.15) is 11.6 Å². The summed E-state index contributed by atoms with van der Waals surface area (Å²) in [7, 11) is 4.87. The molecule has 3 rings (SSSR count). The first-order chi connectivity index (χ1) is 13.7. The Kier molecular flexibility index (Phi) is 6.51. The quantitative estimate of drug-likeness (QED) is 0.583. The normalized spacial score (nSPS) is 10.2. The predicted octanol–water partition coefficient (Wildman–Crippen LogP) is 3.90. The monoisotopic (exact) mass is 380 g/mol. The van der Waals surface area contributed by atoms with Gasteiger partial charge in [-0.3, -0.25) is 0 Å². The van der Waals surface area contributed by atoms with Gasteiger partial charge in [0.05, 0.1) is 21.3 Å². The average molecular weight is 380 g/mol. The third-order valence-corrected chi connectivity index (χ3v) is 4.17. The predicted molar refractivity (Wildman–Crippen MR) is 110 cm³/mol. The first-order valence-electron chi connectivity index (χ1n) is 8.90. The second-order valence-electron chi connectivity index (χ2n) is 5.99. The van der Waals surface area contributed by atoms with Crippen molar-refractivity contribution in [2.24, 2.45) is 0 Å². The SMILES string of the molecule is COc1ccc(CCNc2ccnc(Nc3ccc(OC)c(OC)c3)n2)cc1. The minimum absolute atomic E-state index is 0.502. The van der Waals surface area contributed by atoms with Crippen LogP contribution in [0.25, 0.3) is 0 Å². The minimum Gasteiger partial charge on any atom is -0.497 e. The number of ether oxygens (including phenoxy) is 3. The largest absolute Gasteiger partial charge is 0.497 e. The first kappa shape index (κ1) is 19.3. The Labute approximate surface area is 164 Å². The van der Waals surface area contributed by atoms with Crippen LogP contribution in [0.5, 0.6) is 17.2 Å². The van der Waals surface area contributed by atoms with Crippen molar-refractivity contribution < 1.29 is 14.2 Å². The third-order valence-electron chi connectivity index (χ3n) is 4.17. The van der Waals surface area contributed by atoms with Gasteiger partial charge in [0.15, 0.2) is 11.5 Å². The second-order valence-corrected chi connectivity index (χ2v) is 5.99. The van der Waals surface area contributed by atoms with E-state index in [1.54, 1.807) is 27.5 Å². The van der Waals surface area contributed by atoms with E-state index in [-0.39, 0.29) is 0 Å². The standard InChI is InChI=1S/C21H24N4O3/c1-26-17-7-4-15(5-8-17)10-12-22-20-11-13-23-21(25-20)24-16-6-9-18(27-2)19(14-16)28-3/h4-9,11,13-14H,10,12H2,1-3H3,(H2,22,23,24,25). The van der Waals surface area contributed by atoms with E-state index in [2.05, 4.69) is 32.7 Å². The second kappa shape index (κ2) is 9.45. The number of hydrogen-bond donors (Lipinski definition) is 2. The molecule has 146 valence electrons. The molecule has 3 aromatic rings. The molecule has 1 aromatic heterocycles. The van der Waals surface area contributed by atoms with Gasteiger partial charge in [-0.25, -0.2) is 4.98 Å². The van der Waals surface area contributed by atoms with Crippen LogP contribution in [0.3, 0.4) is 0 Å². The van der Waals surface area contributed by atoms with E-state index in [4.69, 9.17) is 14.2 Å². The van der Waals surface area contributed by atoms with Crippen LogP contribution in [-0.2, 0) is 6.42 Å². The van der Waals surface area contributed by atoms with Gasteiger partial charge in [-0.2, -0.15) is 4.98 Å². The molecule has 0 radical (unpaired) electrons. The molecule has 0 aliphatic carbocycles. The molecular formula is C21H24N4O3. The molecule has 0 saturated carbocycles. The molecule has 1 heterocycles. The maximum Gasteiger partial charge on any atom is 0.229 e. The molecule has 7 heteroatoms. The van der Waals surface area contributed by atoms with E-state index in [9.17, 15) is 0 Å². The topological polar surface area (TPSA) is 77.5 Å². The van der Waals surface area contributed by atoms with E-state index in [0.717, 1.165) is 30.2 Å². The number of hydrogen-bond acceptors (Lipinski definition) is 7. The maximum absolute atomic E-state index is 5.32. The average Bonchev–Trinajstić information content (AvgIpc) is 2.74. The van der Waals surface area contributed by atoms with Crippen LogP contribution in [0.2, 0.25) is 0 Å². The molecule has 0 bridgehead atoms. The lowest BCUT2D eigenvalue weighted by Crippen LogP contribution is -2.07.